The molecule has 2 aliphatic rings. The predicted octanol–water partition coefficient (Wildman–Crippen LogP) is 2.45. The Bertz CT molecular complexity index is 686. The number of carbonyl (C=O) groups is 1. The molecule has 0 saturated carbocycles. The van der Waals surface area contributed by atoms with Crippen molar-refractivity contribution in [2.45, 2.75) is 32.0 Å². The van der Waals surface area contributed by atoms with Crippen LogP contribution in [-0.4, -0.2) is 35.3 Å². The van der Waals surface area contributed by atoms with E-state index >= 15 is 0 Å². The van der Waals surface area contributed by atoms with Crippen LogP contribution < -0.4 is 5.48 Å². The summed E-state index contributed by atoms with van der Waals surface area (Å²) in [7, 11) is 0. The fraction of sp³-hybridized carbons (Fsp3) is 0.389. The van der Waals surface area contributed by atoms with Gasteiger partial charge in [-0.15, -0.1) is 0 Å². The Labute approximate surface area is 136 Å². The van der Waals surface area contributed by atoms with Gasteiger partial charge in [-0.25, -0.2) is 4.79 Å². The van der Waals surface area contributed by atoms with Crippen molar-refractivity contribution in [3.05, 3.63) is 47.7 Å². The molecule has 1 aromatic carbocycles. The zero-order valence-corrected chi connectivity index (χ0v) is 13.6. The number of likely N-dealkylation sites (tertiary alicyclic amines) is 1. The molecule has 1 amide bonds. The van der Waals surface area contributed by atoms with E-state index in [-0.39, 0.29) is 6.09 Å². The van der Waals surface area contributed by atoms with Gasteiger partial charge in [0.25, 0.3) is 0 Å². The maximum absolute atomic E-state index is 12.0. The van der Waals surface area contributed by atoms with Crippen molar-refractivity contribution in [1.82, 2.24) is 10.4 Å². The zero-order valence-electron chi connectivity index (χ0n) is 13.6. The first-order chi connectivity index (χ1) is 10.9. The molecule has 0 radical (unpaired) electrons. The quantitative estimate of drug-likeness (QED) is 0.748. The van der Waals surface area contributed by atoms with Crippen molar-refractivity contribution in [3.8, 4) is 11.8 Å². The molecule has 0 aliphatic carbocycles. The summed E-state index contributed by atoms with van der Waals surface area (Å²) in [6, 6.07) is 9.75. The van der Waals surface area contributed by atoms with Crippen LogP contribution in [0.4, 0.5) is 4.79 Å². The van der Waals surface area contributed by atoms with Crippen LogP contribution in [0.2, 0.25) is 0 Å². The molecule has 23 heavy (non-hydrogen) atoms. The number of carbonyl (C=O) groups excluding carboxylic acids is 1. The lowest BCUT2D eigenvalue weighted by Crippen LogP contribution is -2.63. The molecular weight excluding hydrogens is 292 g/mol. The van der Waals surface area contributed by atoms with Crippen LogP contribution >= 0.6 is 0 Å². The Morgan fingerprint density at radius 1 is 1.26 bits per heavy atom. The minimum absolute atomic E-state index is 0.316. The maximum atomic E-state index is 12.0. The molecule has 0 bridgehead atoms. The number of rotatable bonds is 0. The number of hydrogen-bond acceptors (Lipinski definition) is 4. The normalized spacial score (nSPS) is 18.4. The first kappa shape index (κ1) is 15.4. The van der Waals surface area contributed by atoms with E-state index < -0.39 is 11.2 Å². The summed E-state index contributed by atoms with van der Waals surface area (Å²) in [4.78, 5) is 19.2. The van der Waals surface area contributed by atoms with E-state index in [2.05, 4.69) is 17.3 Å². The van der Waals surface area contributed by atoms with E-state index in [1.54, 1.807) is 4.90 Å². The molecule has 2 heterocycles. The lowest BCUT2D eigenvalue weighted by atomic mass is 9.94. The predicted molar refractivity (Wildman–Crippen MR) is 86.2 cm³/mol. The van der Waals surface area contributed by atoms with Crippen molar-refractivity contribution in [2.75, 3.05) is 13.1 Å². The number of ether oxygens (including phenoxy) is 1. The molecule has 2 aliphatic heterocycles. The Hall–Kier alpha value is -2.45. The number of allylic oxidation sites excluding steroid dienone is 1. The summed E-state index contributed by atoms with van der Waals surface area (Å²) < 4.78 is 5.34. The van der Waals surface area contributed by atoms with E-state index in [0.29, 0.717) is 13.1 Å². The van der Waals surface area contributed by atoms with Crippen LogP contribution in [0.3, 0.4) is 0 Å². The van der Waals surface area contributed by atoms with Gasteiger partial charge in [0.1, 0.15) is 11.3 Å². The topological polar surface area (TPSA) is 50.8 Å². The number of hydrogen-bond donors (Lipinski definition) is 1. The van der Waals surface area contributed by atoms with Crippen LogP contribution in [-0.2, 0) is 9.57 Å². The Morgan fingerprint density at radius 3 is 2.61 bits per heavy atom. The minimum atomic E-state index is -0.489. The van der Waals surface area contributed by atoms with E-state index in [1.807, 2.05) is 57.2 Å². The third-order valence-corrected chi connectivity index (χ3v) is 3.46. The second kappa shape index (κ2) is 5.64. The molecule has 1 aromatic rings. The molecule has 5 heteroatoms. The van der Waals surface area contributed by atoms with E-state index in [4.69, 9.17) is 9.57 Å². The molecule has 1 spiro atoms. The lowest BCUT2D eigenvalue weighted by molar-refractivity contribution is -0.125. The van der Waals surface area contributed by atoms with Gasteiger partial charge < -0.3 is 9.64 Å². The minimum Gasteiger partial charge on any atom is -0.444 e. The summed E-state index contributed by atoms with van der Waals surface area (Å²) in [6.45, 7) is 6.48. The zero-order chi connectivity index (χ0) is 16.5. The number of nitrogens with one attached hydrogen (secondary N) is 1. The van der Waals surface area contributed by atoms with Gasteiger partial charge in [0, 0.05) is 5.56 Å². The van der Waals surface area contributed by atoms with Crippen molar-refractivity contribution < 1.29 is 14.4 Å². The Morgan fingerprint density at radius 2 is 1.96 bits per heavy atom. The van der Waals surface area contributed by atoms with Crippen LogP contribution in [0.5, 0.6) is 0 Å². The highest BCUT2D eigenvalue weighted by Crippen LogP contribution is 2.31. The van der Waals surface area contributed by atoms with Gasteiger partial charge in [0.15, 0.2) is 5.60 Å². The smallest absolute Gasteiger partial charge is 0.410 e. The third-order valence-electron chi connectivity index (χ3n) is 3.46. The molecule has 1 N–H and O–H groups in total. The average molecular weight is 312 g/mol. The highest BCUT2D eigenvalue weighted by atomic mass is 16.7. The fourth-order valence-electron chi connectivity index (χ4n) is 2.41. The van der Waals surface area contributed by atoms with E-state index in [1.165, 1.54) is 0 Å². The molecule has 0 unspecified atom stereocenters. The van der Waals surface area contributed by atoms with E-state index in [9.17, 15) is 4.79 Å². The second-order valence-electron chi connectivity index (χ2n) is 6.78. The molecule has 0 atom stereocenters. The second-order valence-corrected chi connectivity index (χ2v) is 6.78. The molecule has 5 nitrogen and oxygen atoms in total. The standard InChI is InChI=1S/C18H20N2O3/c1-17(2,3)22-16(21)20-12-18(13-20)11-15(19-23-18)10-9-14-7-5-4-6-8-14/h4-8,11,19H,12-13H2,1-3H3. The Balaban J connectivity index is 1.59. The third kappa shape index (κ3) is 3.66. The Kier molecular flexibility index (Phi) is 3.78. The summed E-state index contributed by atoms with van der Waals surface area (Å²) in [6.07, 6.45) is 1.62. The van der Waals surface area contributed by atoms with Crippen molar-refractivity contribution in [2.24, 2.45) is 0 Å². The monoisotopic (exact) mass is 312 g/mol. The molecule has 1 fully saturated rings. The van der Waals surface area contributed by atoms with Crippen molar-refractivity contribution in [3.63, 3.8) is 0 Å². The van der Waals surface area contributed by atoms with Gasteiger partial charge in [-0.3, -0.25) is 10.3 Å². The highest BCUT2D eigenvalue weighted by molar-refractivity contribution is 5.70. The van der Waals surface area contributed by atoms with E-state index in [0.717, 1.165) is 11.3 Å². The summed E-state index contributed by atoms with van der Waals surface area (Å²) in [5.74, 6) is 6.12. The van der Waals surface area contributed by atoms with Gasteiger partial charge in [-0.1, -0.05) is 24.1 Å². The molecule has 0 aromatic heterocycles. The molecule has 1 saturated heterocycles. The van der Waals surface area contributed by atoms with Crippen molar-refractivity contribution in [1.29, 1.82) is 0 Å². The summed E-state index contributed by atoms with van der Waals surface area (Å²) in [5.41, 5.74) is 3.52. The maximum Gasteiger partial charge on any atom is 0.410 e. The summed E-state index contributed by atoms with van der Waals surface area (Å²) in [5, 5.41) is 0. The fourth-order valence-corrected chi connectivity index (χ4v) is 2.41. The first-order valence-electron chi connectivity index (χ1n) is 7.57. The van der Waals surface area contributed by atoms with Gasteiger partial charge in [0.2, 0.25) is 0 Å². The lowest BCUT2D eigenvalue weighted by Gasteiger charge is -2.44. The van der Waals surface area contributed by atoms with Crippen LogP contribution in [0.1, 0.15) is 26.3 Å². The number of benzene rings is 1. The first-order valence-corrected chi connectivity index (χ1v) is 7.57. The van der Waals surface area contributed by atoms with Crippen LogP contribution in [0, 0.1) is 11.8 Å². The molecule has 120 valence electrons. The van der Waals surface area contributed by atoms with Gasteiger partial charge in [0.05, 0.1) is 13.1 Å². The largest absolute Gasteiger partial charge is 0.444 e. The SMILES string of the molecule is CC(C)(C)OC(=O)N1CC2(C=C(C#Cc3ccccc3)NO2)C1. The molecular formula is C18H20N2O3. The highest BCUT2D eigenvalue weighted by Gasteiger charge is 2.49. The number of hydroxylamine groups is 1. The average Bonchev–Trinajstić information content (AvgIpc) is 2.87. The molecule has 3 rings (SSSR count). The number of amides is 1. The van der Waals surface area contributed by atoms with Crippen molar-refractivity contribution >= 4 is 6.09 Å². The van der Waals surface area contributed by atoms with Crippen LogP contribution in [0.15, 0.2) is 42.1 Å². The van der Waals surface area contributed by atoms with Crippen LogP contribution in [0.25, 0.3) is 0 Å². The van der Waals surface area contributed by atoms with Gasteiger partial charge in [-0.2, -0.15) is 0 Å². The summed E-state index contributed by atoms with van der Waals surface area (Å²) >= 11 is 0. The van der Waals surface area contributed by atoms with Gasteiger partial charge >= 0.3 is 6.09 Å². The number of nitrogens with zero attached hydrogens (tertiary/aromatic N) is 1. The van der Waals surface area contributed by atoms with Gasteiger partial charge in [-0.05, 0) is 44.9 Å².